The van der Waals surface area contributed by atoms with E-state index >= 15 is 0 Å². The van der Waals surface area contributed by atoms with Crippen LogP contribution in [0.4, 0.5) is 0 Å². The Labute approximate surface area is 331 Å². The van der Waals surface area contributed by atoms with Crippen molar-refractivity contribution in [3.8, 4) is 12.1 Å². The van der Waals surface area contributed by atoms with Crippen LogP contribution in [0.1, 0.15) is 131 Å². The van der Waals surface area contributed by atoms with E-state index in [4.69, 9.17) is 15.6 Å². The first-order valence-corrected chi connectivity index (χ1v) is 17.9. The van der Waals surface area contributed by atoms with Crippen molar-refractivity contribution in [2.75, 3.05) is 26.2 Å². The van der Waals surface area contributed by atoms with Gasteiger partial charge in [-0.3, -0.25) is 14.4 Å². The molecule has 1 amide bonds. The summed E-state index contributed by atoms with van der Waals surface area (Å²) in [5, 5.41) is 29.7. The summed E-state index contributed by atoms with van der Waals surface area (Å²) in [6, 6.07) is 26.7. The third kappa shape index (κ3) is 12.2. The molecule has 0 bridgehead atoms. The van der Waals surface area contributed by atoms with Crippen LogP contribution in [0.5, 0.6) is 0 Å². The third-order valence-corrected chi connectivity index (χ3v) is 10.1. The molecule has 4 aromatic rings. The number of carbonyl (C=O) groups is 4. The summed E-state index contributed by atoms with van der Waals surface area (Å²) < 4.78 is 0. The summed E-state index contributed by atoms with van der Waals surface area (Å²) in [5.41, 5.74) is 9.13. The van der Waals surface area contributed by atoms with Crippen LogP contribution in [0.15, 0.2) is 72.8 Å². The molecule has 2 fully saturated rings. The maximum Gasteiger partial charge on any atom is 0.335 e. The summed E-state index contributed by atoms with van der Waals surface area (Å²) in [4.78, 5) is 47.2. The van der Waals surface area contributed by atoms with Crippen molar-refractivity contribution in [1.82, 2.24) is 10.2 Å². The second-order valence-corrected chi connectivity index (χ2v) is 13.6. The number of aldehydes is 2. The Bertz CT molecular complexity index is 2020. The number of amides is 1. The van der Waals surface area contributed by atoms with Gasteiger partial charge in [-0.2, -0.15) is 10.5 Å². The van der Waals surface area contributed by atoms with Gasteiger partial charge in [-0.25, -0.2) is 4.79 Å². The van der Waals surface area contributed by atoms with Crippen LogP contribution in [-0.2, 0) is 0 Å². The van der Waals surface area contributed by atoms with Gasteiger partial charge in [-0.15, -0.1) is 12.4 Å². The smallest absolute Gasteiger partial charge is 0.335 e. The van der Waals surface area contributed by atoms with Crippen molar-refractivity contribution in [2.45, 2.75) is 72.6 Å². The van der Waals surface area contributed by atoms with Crippen molar-refractivity contribution in [3.63, 3.8) is 0 Å². The van der Waals surface area contributed by atoms with Gasteiger partial charge in [0.25, 0.3) is 5.91 Å². The summed E-state index contributed by atoms with van der Waals surface area (Å²) in [6.45, 7) is 10.9. The van der Waals surface area contributed by atoms with Gasteiger partial charge in [-0.1, -0.05) is 43.8 Å². The molecule has 0 unspecified atom stereocenters. The van der Waals surface area contributed by atoms with Crippen LogP contribution in [-0.4, -0.2) is 60.6 Å². The molecule has 2 saturated heterocycles. The minimum absolute atomic E-state index is 0. The van der Waals surface area contributed by atoms with E-state index in [-0.39, 0.29) is 31.3 Å². The van der Waals surface area contributed by atoms with Crippen molar-refractivity contribution in [3.05, 3.63) is 140 Å². The largest absolute Gasteiger partial charge is 0.478 e. The van der Waals surface area contributed by atoms with E-state index in [1.54, 1.807) is 26.0 Å². The number of likely N-dealkylation sites (tertiary alicyclic amines) is 1. The van der Waals surface area contributed by atoms with E-state index in [9.17, 15) is 19.2 Å². The minimum Gasteiger partial charge on any atom is -0.478 e. The molecule has 288 valence electrons. The SMILES string of the molecule is C.Cc1cc(C)c(C(=O)N2CCC(c3ccc(C#N)cc3)CC2)cc1C=O.Cc1cc(C)c(C(=O)O)cc1C=O.Cl.N#Cc1ccc(C2CCNCC2)cc1. The Balaban J connectivity index is 0.000000306. The molecule has 0 aliphatic carbocycles. The van der Waals surface area contributed by atoms with Gasteiger partial charge in [0.2, 0.25) is 0 Å². The lowest BCUT2D eigenvalue weighted by molar-refractivity contribution is 0.0692. The summed E-state index contributed by atoms with van der Waals surface area (Å²) >= 11 is 0. The zero-order chi connectivity index (χ0) is 38.5. The molecule has 0 saturated carbocycles. The van der Waals surface area contributed by atoms with Crippen LogP contribution in [0, 0.1) is 50.4 Å². The van der Waals surface area contributed by atoms with E-state index in [2.05, 4.69) is 29.6 Å². The minimum atomic E-state index is -0.999. The van der Waals surface area contributed by atoms with Crippen LogP contribution in [0.2, 0.25) is 0 Å². The van der Waals surface area contributed by atoms with Crippen molar-refractivity contribution < 1.29 is 24.3 Å². The first-order valence-electron chi connectivity index (χ1n) is 17.9. The van der Waals surface area contributed by atoms with Gasteiger partial charge in [-0.05, 0) is 148 Å². The van der Waals surface area contributed by atoms with Gasteiger partial charge in [0.1, 0.15) is 12.6 Å². The molecule has 2 N–H and O–H groups in total. The topological polar surface area (TPSA) is 151 Å². The number of rotatable bonds is 6. The number of piperidine rings is 2. The average molecular weight is 763 g/mol. The number of carboxylic acids is 1. The normalized spacial score (nSPS) is 13.7. The standard InChI is InChI=1S/C22H22N2O2.C12H14N2.C10H10O3.CH4.ClH/c1-15-11-16(2)21(12-20(15)14-25)22(26)24-9-7-19(8-10-24)18-5-3-17(13-23)4-6-18;13-9-10-1-3-11(4-2-10)12-5-7-14-8-6-12;1-6-3-7(2)9(10(12)13)4-8(6)5-11;;/h3-6,11-12,14,19H,7-10H2,1-2H3;1-4,12,14H,5-8H2;3-5H,1-2H3,(H,12,13);1H4;1H. The maximum absolute atomic E-state index is 12.9. The molecule has 0 spiro atoms. The highest BCUT2D eigenvalue weighted by Crippen LogP contribution is 2.30. The zero-order valence-corrected chi connectivity index (χ0v) is 32.0. The predicted octanol–water partition coefficient (Wildman–Crippen LogP) is 8.90. The highest BCUT2D eigenvalue weighted by Gasteiger charge is 2.26. The average Bonchev–Trinajstić information content (AvgIpc) is 3.18. The number of carboxylic acid groups (broad SMARTS) is 1. The predicted molar refractivity (Wildman–Crippen MR) is 219 cm³/mol. The lowest BCUT2D eigenvalue weighted by Gasteiger charge is -2.32. The number of carbonyl (C=O) groups excluding carboxylic acids is 3. The van der Waals surface area contributed by atoms with Gasteiger partial charge in [0.15, 0.2) is 0 Å². The molecule has 0 atom stereocenters. The Hall–Kier alpha value is -5.61. The van der Waals surface area contributed by atoms with Crippen LogP contribution >= 0.6 is 12.4 Å². The Kier molecular flexibility index (Phi) is 18.2. The number of nitrogens with one attached hydrogen (secondary N) is 1. The van der Waals surface area contributed by atoms with E-state index in [1.165, 1.54) is 30.0 Å². The van der Waals surface area contributed by atoms with Gasteiger partial charge < -0.3 is 15.3 Å². The number of nitriles is 2. The number of aryl methyl sites for hydroxylation is 4. The molecule has 0 aromatic heterocycles. The quantitative estimate of drug-likeness (QED) is 0.185. The number of hydrogen-bond donors (Lipinski definition) is 2. The number of benzene rings is 4. The Morgan fingerprint density at radius 2 is 1.07 bits per heavy atom. The summed E-state index contributed by atoms with van der Waals surface area (Å²) in [7, 11) is 0. The maximum atomic E-state index is 12.9. The molecule has 2 heterocycles. The lowest BCUT2D eigenvalue weighted by Crippen LogP contribution is -2.38. The lowest BCUT2D eigenvalue weighted by atomic mass is 9.88. The van der Waals surface area contributed by atoms with Crippen LogP contribution in [0.3, 0.4) is 0 Å². The highest BCUT2D eigenvalue weighted by molar-refractivity contribution is 5.97. The van der Waals surface area contributed by atoms with E-state index in [1.807, 2.05) is 61.2 Å². The second kappa shape index (κ2) is 21.9. The van der Waals surface area contributed by atoms with Gasteiger partial charge in [0.05, 0.1) is 28.8 Å². The first kappa shape index (κ1) is 45.5. The Morgan fingerprint density at radius 3 is 1.47 bits per heavy atom. The van der Waals surface area contributed by atoms with Crippen LogP contribution < -0.4 is 5.32 Å². The molecular weight excluding hydrogens is 712 g/mol. The number of aromatic carboxylic acids is 1. The number of hydrogen-bond acceptors (Lipinski definition) is 7. The molecule has 55 heavy (non-hydrogen) atoms. The second-order valence-electron chi connectivity index (χ2n) is 13.6. The highest BCUT2D eigenvalue weighted by atomic mass is 35.5. The molecule has 9 nitrogen and oxygen atoms in total. The van der Waals surface area contributed by atoms with E-state index in [0.29, 0.717) is 59.0 Å². The molecule has 2 aliphatic rings. The number of halogens is 1. The zero-order valence-electron chi connectivity index (χ0n) is 31.2. The van der Waals surface area contributed by atoms with Crippen molar-refractivity contribution in [1.29, 1.82) is 10.5 Å². The monoisotopic (exact) mass is 762 g/mol. The Morgan fingerprint density at radius 1 is 0.673 bits per heavy atom. The molecule has 4 aromatic carbocycles. The summed E-state index contributed by atoms with van der Waals surface area (Å²) in [6.07, 6.45) is 5.72. The van der Waals surface area contributed by atoms with Crippen molar-refractivity contribution >= 4 is 36.9 Å². The first-order chi connectivity index (χ1) is 25.5. The molecule has 0 radical (unpaired) electrons. The third-order valence-electron chi connectivity index (χ3n) is 10.1. The van der Waals surface area contributed by atoms with Gasteiger partial charge >= 0.3 is 5.97 Å². The number of nitrogens with zero attached hydrogens (tertiary/aromatic N) is 3. The fourth-order valence-corrected chi connectivity index (χ4v) is 6.85. The fourth-order valence-electron chi connectivity index (χ4n) is 6.85. The van der Waals surface area contributed by atoms with Crippen LogP contribution in [0.25, 0.3) is 0 Å². The molecule has 2 aliphatic heterocycles. The van der Waals surface area contributed by atoms with Crippen molar-refractivity contribution in [2.24, 2.45) is 0 Å². The molecular formula is C45H51ClN4O5. The summed E-state index contributed by atoms with van der Waals surface area (Å²) in [5.74, 6) is 0.102. The fraction of sp³-hybridized carbons (Fsp3) is 0.333. The van der Waals surface area contributed by atoms with E-state index < -0.39 is 5.97 Å². The molecule has 6 rings (SSSR count). The van der Waals surface area contributed by atoms with E-state index in [0.717, 1.165) is 54.5 Å². The van der Waals surface area contributed by atoms with Gasteiger partial charge in [0, 0.05) is 29.8 Å². The molecule has 10 heteroatoms.